The van der Waals surface area contributed by atoms with E-state index in [1.54, 1.807) is 24.3 Å². The van der Waals surface area contributed by atoms with E-state index in [4.69, 9.17) is 14.7 Å². The van der Waals surface area contributed by atoms with Gasteiger partial charge in [0, 0.05) is 5.69 Å². The molecule has 0 aliphatic carbocycles. The van der Waals surface area contributed by atoms with Crippen molar-refractivity contribution in [3.8, 4) is 11.8 Å². The average Bonchev–Trinajstić information content (AvgIpc) is 2.68. The molecule has 6 heteroatoms. The van der Waals surface area contributed by atoms with Crippen molar-refractivity contribution in [2.24, 2.45) is 0 Å². The Hall–Kier alpha value is -3.33. The van der Waals surface area contributed by atoms with E-state index in [-0.39, 0.29) is 0 Å². The van der Waals surface area contributed by atoms with Crippen LogP contribution in [0.3, 0.4) is 0 Å². The second kappa shape index (κ2) is 9.56. The lowest BCUT2D eigenvalue weighted by atomic mass is 10.0. The first-order valence-corrected chi connectivity index (χ1v) is 9.08. The SMILES string of the molecule is CC(C)c1ccc(NC(=O)[C@H](C)OC(=O)[C@H](C)Oc2ccc(C#N)cc2)cc1. The van der Waals surface area contributed by atoms with Crippen LogP contribution in [-0.2, 0) is 14.3 Å². The number of anilines is 1. The summed E-state index contributed by atoms with van der Waals surface area (Å²) in [5, 5.41) is 11.5. The number of amides is 1. The number of carbonyl (C=O) groups is 2. The lowest BCUT2D eigenvalue weighted by molar-refractivity contribution is -0.159. The van der Waals surface area contributed by atoms with Crippen molar-refractivity contribution in [2.45, 2.75) is 45.8 Å². The van der Waals surface area contributed by atoms with Gasteiger partial charge in [-0.1, -0.05) is 26.0 Å². The first kappa shape index (κ1) is 21.0. The molecule has 1 amide bonds. The number of hydrogen-bond acceptors (Lipinski definition) is 5. The van der Waals surface area contributed by atoms with Gasteiger partial charge in [-0.3, -0.25) is 4.79 Å². The zero-order valence-electron chi connectivity index (χ0n) is 16.4. The molecule has 2 atom stereocenters. The molecule has 2 rings (SSSR count). The van der Waals surface area contributed by atoms with Crippen LogP contribution in [0.15, 0.2) is 48.5 Å². The summed E-state index contributed by atoms with van der Waals surface area (Å²) in [6.45, 7) is 7.23. The largest absolute Gasteiger partial charge is 0.479 e. The maximum atomic E-state index is 12.3. The molecule has 0 aliphatic heterocycles. The minimum Gasteiger partial charge on any atom is -0.479 e. The molecule has 1 N–H and O–H groups in total. The predicted molar refractivity (Wildman–Crippen MR) is 106 cm³/mol. The van der Waals surface area contributed by atoms with Crippen molar-refractivity contribution in [1.29, 1.82) is 5.26 Å². The normalized spacial score (nSPS) is 12.6. The summed E-state index contributed by atoms with van der Waals surface area (Å²) in [6, 6.07) is 15.9. The Labute approximate surface area is 165 Å². The smallest absolute Gasteiger partial charge is 0.347 e. The fourth-order valence-corrected chi connectivity index (χ4v) is 2.38. The standard InChI is InChI=1S/C22H24N2O4/c1-14(2)18-7-9-19(10-8-18)24-21(25)15(3)28-22(26)16(4)27-20-11-5-17(13-23)6-12-20/h5-12,14-16H,1-4H3,(H,24,25)/t15-,16-/m0/s1. The van der Waals surface area contributed by atoms with E-state index < -0.39 is 24.1 Å². The molecule has 0 unspecified atom stereocenters. The molecule has 2 aromatic rings. The Bertz CT molecular complexity index is 852. The van der Waals surface area contributed by atoms with Gasteiger partial charge in [-0.25, -0.2) is 4.79 Å². The molecule has 0 bridgehead atoms. The molecule has 0 radical (unpaired) electrons. The number of nitriles is 1. The maximum absolute atomic E-state index is 12.3. The minimum atomic E-state index is -0.968. The third-order valence-corrected chi connectivity index (χ3v) is 4.14. The van der Waals surface area contributed by atoms with E-state index in [2.05, 4.69) is 19.2 Å². The van der Waals surface area contributed by atoms with Crippen molar-refractivity contribution >= 4 is 17.6 Å². The lowest BCUT2D eigenvalue weighted by Crippen LogP contribution is -2.35. The van der Waals surface area contributed by atoms with E-state index in [9.17, 15) is 9.59 Å². The summed E-state index contributed by atoms with van der Waals surface area (Å²) >= 11 is 0. The summed E-state index contributed by atoms with van der Waals surface area (Å²) in [6.07, 6.45) is -1.86. The zero-order valence-corrected chi connectivity index (χ0v) is 16.4. The number of hydrogen-bond donors (Lipinski definition) is 1. The number of benzene rings is 2. The van der Waals surface area contributed by atoms with Gasteiger partial charge in [0.25, 0.3) is 5.91 Å². The fourth-order valence-electron chi connectivity index (χ4n) is 2.38. The lowest BCUT2D eigenvalue weighted by Gasteiger charge is -2.18. The number of carbonyl (C=O) groups excluding carboxylic acids is 2. The van der Waals surface area contributed by atoms with Crippen LogP contribution >= 0.6 is 0 Å². The van der Waals surface area contributed by atoms with E-state index in [0.717, 1.165) is 0 Å². The molecule has 0 spiro atoms. The molecule has 0 saturated heterocycles. The number of rotatable bonds is 7. The molecular weight excluding hydrogens is 356 g/mol. The van der Waals surface area contributed by atoms with E-state index in [0.29, 0.717) is 22.9 Å². The van der Waals surface area contributed by atoms with Crippen LogP contribution in [0.4, 0.5) is 5.69 Å². The highest BCUT2D eigenvalue weighted by Crippen LogP contribution is 2.18. The third-order valence-electron chi connectivity index (χ3n) is 4.14. The van der Waals surface area contributed by atoms with Crippen LogP contribution in [0, 0.1) is 11.3 Å². The molecule has 28 heavy (non-hydrogen) atoms. The molecule has 0 heterocycles. The van der Waals surface area contributed by atoms with Gasteiger partial charge in [0.15, 0.2) is 12.2 Å². The molecule has 6 nitrogen and oxygen atoms in total. The summed E-state index contributed by atoms with van der Waals surface area (Å²) < 4.78 is 10.7. The highest BCUT2D eigenvalue weighted by molar-refractivity contribution is 5.95. The summed E-state index contributed by atoms with van der Waals surface area (Å²) in [7, 11) is 0. The third kappa shape index (κ3) is 5.85. The van der Waals surface area contributed by atoms with Gasteiger partial charge >= 0.3 is 5.97 Å². The van der Waals surface area contributed by atoms with Crippen LogP contribution in [0.5, 0.6) is 5.75 Å². The number of nitrogens with one attached hydrogen (secondary N) is 1. The Morgan fingerprint density at radius 2 is 1.54 bits per heavy atom. The van der Waals surface area contributed by atoms with Crippen molar-refractivity contribution in [3.05, 3.63) is 59.7 Å². The van der Waals surface area contributed by atoms with Crippen LogP contribution in [0.25, 0.3) is 0 Å². The van der Waals surface area contributed by atoms with Gasteiger partial charge in [0.1, 0.15) is 5.75 Å². The quantitative estimate of drug-likeness (QED) is 0.733. The Morgan fingerprint density at radius 3 is 2.07 bits per heavy atom. The number of esters is 1. The Kier molecular flexibility index (Phi) is 7.16. The molecule has 0 saturated carbocycles. The van der Waals surface area contributed by atoms with Crippen LogP contribution in [-0.4, -0.2) is 24.1 Å². The van der Waals surface area contributed by atoms with Gasteiger partial charge in [0.2, 0.25) is 0 Å². The van der Waals surface area contributed by atoms with Crippen LogP contribution in [0.1, 0.15) is 44.7 Å². The number of ether oxygens (including phenoxy) is 2. The predicted octanol–water partition coefficient (Wildman–Crippen LogP) is 4.02. The van der Waals surface area contributed by atoms with Crippen LogP contribution in [0.2, 0.25) is 0 Å². The Balaban J connectivity index is 1.87. The monoisotopic (exact) mass is 380 g/mol. The topological polar surface area (TPSA) is 88.4 Å². The van der Waals surface area contributed by atoms with Gasteiger partial charge in [0.05, 0.1) is 11.6 Å². The van der Waals surface area contributed by atoms with E-state index in [1.807, 2.05) is 30.3 Å². The van der Waals surface area contributed by atoms with Crippen molar-refractivity contribution in [1.82, 2.24) is 0 Å². The van der Waals surface area contributed by atoms with Gasteiger partial charge in [-0.05, 0) is 61.7 Å². The van der Waals surface area contributed by atoms with E-state index in [1.165, 1.54) is 19.4 Å². The molecule has 2 aromatic carbocycles. The molecule has 0 aromatic heterocycles. The van der Waals surface area contributed by atoms with E-state index >= 15 is 0 Å². The van der Waals surface area contributed by atoms with Gasteiger partial charge in [-0.2, -0.15) is 5.26 Å². The highest BCUT2D eigenvalue weighted by Gasteiger charge is 2.23. The molecular formula is C22H24N2O4. The van der Waals surface area contributed by atoms with Crippen LogP contribution < -0.4 is 10.1 Å². The summed E-state index contributed by atoms with van der Waals surface area (Å²) in [5.41, 5.74) is 2.31. The summed E-state index contributed by atoms with van der Waals surface area (Å²) in [4.78, 5) is 24.4. The highest BCUT2D eigenvalue weighted by atomic mass is 16.6. The minimum absolute atomic E-state index is 0.405. The van der Waals surface area contributed by atoms with Crippen molar-refractivity contribution in [3.63, 3.8) is 0 Å². The first-order chi connectivity index (χ1) is 13.3. The second-order valence-corrected chi connectivity index (χ2v) is 6.74. The molecule has 146 valence electrons. The fraction of sp³-hybridized carbons (Fsp3) is 0.318. The second-order valence-electron chi connectivity index (χ2n) is 6.74. The Morgan fingerprint density at radius 1 is 0.929 bits per heavy atom. The van der Waals surface area contributed by atoms with Crippen molar-refractivity contribution in [2.75, 3.05) is 5.32 Å². The van der Waals surface area contributed by atoms with Gasteiger partial charge < -0.3 is 14.8 Å². The molecule has 0 aliphatic rings. The maximum Gasteiger partial charge on any atom is 0.347 e. The summed E-state index contributed by atoms with van der Waals surface area (Å²) in [5.74, 6) is -0.230. The van der Waals surface area contributed by atoms with Crippen molar-refractivity contribution < 1.29 is 19.1 Å². The average molecular weight is 380 g/mol. The van der Waals surface area contributed by atoms with Gasteiger partial charge in [-0.15, -0.1) is 0 Å². The molecule has 0 fully saturated rings. The first-order valence-electron chi connectivity index (χ1n) is 9.08. The zero-order chi connectivity index (χ0) is 20.7. The number of nitrogens with zero attached hydrogens (tertiary/aromatic N) is 1.